The van der Waals surface area contributed by atoms with Crippen LogP contribution in [0.5, 0.6) is 11.5 Å². The molecule has 56 heavy (non-hydrogen) atoms. The fraction of sp³-hybridized carbons (Fsp3) is 0.269. The number of aromatic hydroxyl groups is 1. The molecule has 0 saturated carbocycles. The monoisotopic (exact) mass is 889 g/mol. The molecule has 3 aromatic carbocycles. The summed E-state index contributed by atoms with van der Waals surface area (Å²) >= 11 is 0.116. The summed E-state index contributed by atoms with van der Waals surface area (Å²) in [7, 11) is -13.8. The molecule has 0 amide bonds. The van der Waals surface area contributed by atoms with Crippen LogP contribution in [0.15, 0.2) is 61.3 Å². The second-order valence-electron chi connectivity index (χ2n) is 10.3. The number of phenols is 1. The molecule has 0 atom stereocenters. The molecule has 1 aromatic heterocycles. The molecule has 0 radical (unpaired) electrons. The Labute approximate surface area is 388 Å². The Hall–Kier alpha value is -1.42. The Balaban J connectivity index is 0.00000361. The summed E-state index contributed by atoms with van der Waals surface area (Å²) < 4.78 is 129. The molecule has 2 N–H and O–H groups in total. The third-order valence-electron chi connectivity index (χ3n) is 7.05. The number of rotatable bonds is 15. The number of hydrogen-bond donors (Lipinski definition) is 2. The number of azo groups is 1. The van der Waals surface area contributed by atoms with Crippen molar-refractivity contribution in [3.8, 4) is 11.5 Å². The van der Waals surface area contributed by atoms with Crippen LogP contribution in [0.1, 0.15) is 0 Å². The smallest absolute Gasteiger partial charge is 0.744 e. The molecule has 0 bridgehead atoms. The van der Waals surface area contributed by atoms with Crippen LogP contribution in [0.3, 0.4) is 0 Å². The van der Waals surface area contributed by atoms with Crippen LogP contribution in [-0.4, -0.2) is 100 Å². The van der Waals surface area contributed by atoms with Crippen molar-refractivity contribution in [3.63, 3.8) is 0 Å². The first-order valence-corrected chi connectivity index (χ1v) is 19.5. The van der Waals surface area contributed by atoms with Gasteiger partial charge in [-0.15, -0.1) is 5.11 Å². The van der Waals surface area contributed by atoms with Gasteiger partial charge in [0.2, 0.25) is 22.3 Å². The van der Waals surface area contributed by atoms with Gasteiger partial charge in [-0.05, 0) is 36.4 Å². The van der Waals surface area contributed by atoms with E-state index in [1.807, 2.05) is 0 Å². The van der Waals surface area contributed by atoms with E-state index in [0.29, 0.717) is 26.3 Å². The van der Waals surface area contributed by atoms with Crippen molar-refractivity contribution in [3.05, 3.63) is 42.5 Å². The van der Waals surface area contributed by atoms with E-state index in [9.17, 15) is 49.1 Å². The number of halogens is 1. The Morgan fingerprint density at radius 3 is 2.30 bits per heavy atom. The minimum Gasteiger partial charge on any atom is -0.744 e. The Morgan fingerprint density at radius 2 is 1.68 bits per heavy atom. The first-order valence-electron chi connectivity index (χ1n) is 14.4. The molecule has 30 heteroatoms. The van der Waals surface area contributed by atoms with Crippen molar-refractivity contribution in [1.29, 1.82) is 0 Å². The number of aromatic nitrogens is 3. The number of methoxy groups -OCH3 is 1. The maximum Gasteiger partial charge on any atom is 1.00 e. The largest absolute Gasteiger partial charge is 1.00 e. The number of sulfone groups is 1. The van der Waals surface area contributed by atoms with E-state index in [1.54, 1.807) is 4.90 Å². The molecule has 1 saturated heterocycles. The van der Waals surface area contributed by atoms with Gasteiger partial charge in [0.25, 0.3) is 0 Å². The number of anilines is 3. The zero-order chi connectivity index (χ0) is 38.6. The molecule has 1 aliphatic heterocycles. The van der Waals surface area contributed by atoms with E-state index >= 15 is 0 Å². The predicted octanol–water partition coefficient (Wildman–Crippen LogP) is -7.73. The zero-order valence-corrected chi connectivity index (χ0v) is 38.8. The zero-order valence-electron chi connectivity index (χ0n) is 29.6. The van der Waals surface area contributed by atoms with Crippen molar-refractivity contribution in [2.24, 2.45) is 10.2 Å². The summed E-state index contributed by atoms with van der Waals surface area (Å²) in [6, 6.07) is 6.54. The van der Waals surface area contributed by atoms with Gasteiger partial charge in [-0.25, -0.2) is 25.3 Å². The van der Waals surface area contributed by atoms with Gasteiger partial charge in [0.15, 0.2) is 15.6 Å². The summed E-state index contributed by atoms with van der Waals surface area (Å²) in [4.78, 5) is 11.1. The molecular weight excluding hydrogens is 867 g/mol. The molecule has 1 fully saturated rings. The topological polar surface area (TPSA) is 317 Å². The number of phenolic OH excluding ortho intramolecular Hbond substituents is 1. The van der Waals surface area contributed by atoms with Gasteiger partial charge >= 0.3 is 94.8 Å². The van der Waals surface area contributed by atoms with Crippen LogP contribution < -0.4 is 109 Å². The van der Waals surface area contributed by atoms with Gasteiger partial charge in [0.1, 0.15) is 26.5 Å². The number of ether oxygens (including phenoxy) is 2. The number of fused-ring (bicyclic) bond motifs is 1. The van der Waals surface area contributed by atoms with Crippen LogP contribution in [0.2, 0.25) is 0 Å². The number of nitrogens with zero attached hydrogens (tertiary/aromatic N) is 6. The van der Waals surface area contributed by atoms with E-state index in [4.69, 9.17) is 9.47 Å². The SMILES string of the molecule is COc1ccc(N=Nc2c(SOO[O-])cc3c(S(=O)(=O)[O-])c(Nc4nc(F)nc(N5CCOCC5)n4)ccc3c2O)cc1S(=O)(=O)CCOS(=O)(=O)[O-].[Na+].[Na+].[Na+]. The van der Waals surface area contributed by atoms with Crippen LogP contribution in [0.4, 0.5) is 33.3 Å². The van der Waals surface area contributed by atoms with Crippen molar-refractivity contribution < 1.29 is 161 Å². The second kappa shape index (κ2) is 21.7. The minimum atomic E-state index is -5.42. The van der Waals surface area contributed by atoms with Crippen LogP contribution in [-0.2, 0) is 48.6 Å². The van der Waals surface area contributed by atoms with Gasteiger partial charge in [0, 0.05) is 23.9 Å². The molecule has 5 rings (SSSR count). The van der Waals surface area contributed by atoms with Crippen molar-refractivity contribution in [2.45, 2.75) is 14.7 Å². The standard InChI is InChI=1S/C26H26FN7O15S4.3Na/c1-45-18-5-2-14(12-20(18)51(37,38)11-10-47-53(42,43)44)32-33-21-19(50-49-48-36)13-16-15(22(21)35)3-4-17(23(16)52(39,40)41)28-25-29-24(27)30-26(31-25)34-6-8-46-9-7-34;;;/h2-5,12-13,35-36H,6-11H2,1H3,(H,39,40,41)(H,42,43,44)(H,28,29,30,31);;;/q;3*+1/p-3. The third-order valence-corrected chi connectivity index (χ3v) is 10.8. The Bertz CT molecular complexity index is 2400. The summed E-state index contributed by atoms with van der Waals surface area (Å²) in [5.74, 6) is -2.53. The summed E-state index contributed by atoms with van der Waals surface area (Å²) in [6.45, 7) is 0.255. The molecule has 0 unspecified atom stereocenters. The Kier molecular flexibility index (Phi) is 19.7. The second-order valence-corrected chi connectivity index (χ2v) is 15.5. The molecule has 1 aliphatic rings. The van der Waals surface area contributed by atoms with Gasteiger partial charge in [0.05, 0.1) is 65.9 Å². The average molecular weight is 890 g/mol. The van der Waals surface area contributed by atoms with E-state index < -0.39 is 87.0 Å². The van der Waals surface area contributed by atoms with Crippen molar-refractivity contribution in [2.75, 3.05) is 56.0 Å². The van der Waals surface area contributed by atoms with Crippen LogP contribution >= 0.6 is 12.0 Å². The number of nitrogens with one attached hydrogen (secondary N) is 1. The quantitative estimate of drug-likeness (QED) is 0.0213. The van der Waals surface area contributed by atoms with Gasteiger partial charge in [-0.1, -0.05) is 0 Å². The van der Waals surface area contributed by atoms with E-state index in [-0.39, 0.29) is 128 Å². The fourth-order valence-corrected chi connectivity index (χ4v) is 7.81. The minimum absolute atomic E-state index is 0. The summed E-state index contributed by atoms with van der Waals surface area (Å²) in [5.41, 5.74) is -1.12. The summed E-state index contributed by atoms with van der Waals surface area (Å²) in [6.07, 6.45) is -1.22. The van der Waals surface area contributed by atoms with E-state index in [0.717, 1.165) is 31.4 Å². The average Bonchev–Trinajstić information content (AvgIpc) is 3.09. The molecule has 0 aliphatic carbocycles. The Morgan fingerprint density at radius 1 is 0.982 bits per heavy atom. The van der Waals surface area contributed by atoms with Crippen molar-refractivity contribution in [1.82, 2.24) is 15.0 Å². The normalized spacial score (nSPS) is 13.5. The molecule has 22 nitrogen and oxygen atoms in total. The number of benzene rings is 3. The summed E-state index contributed by atoms with van der Waals surface area (Å²) in [5, 5.41) is 34.9. The van der Waals surface area contributed by atoms with Crippen molar-refractivity contribution >= 4 is 82.1 Å². The first kappa shape index (κ1) is 50.7. The van der Waals surface area contributed by atoms with E-state index in [1.165, 1.54) is 12.1 Å². The van der Waals surface area contributed by atoms with Gasteiger partial charge in [-0.3, -0.25) is 9.22 Å². The molecule has 0 spiro atoms. The fourth-order valence-electron chi connectivity index (χ4n) is 4.83. The molecular formula is C26H23FN7Na3O15S4. The molecule has 286 valence electrons. The predicted molar refractivity (Wildman–Crippen MR) is 173 cm³/mol. The van der Waals surface area contributed by atoms with Crippen LogP contribution in [0.25, 0.3) is 10.8 Å². The maximum absolute atomic E-state index is 14.4. The molecule has 2 heterocycles. The van der Waals surface area contributed by atoms with E-state index in [2.05, 4.69) is 44.1 Å². The number of hydrogen-bond acceptors (Lipinski definition) is 23. The third kappa shape index (κ3) is 13.0. The first-order chi connectivity index (χ1) is 25.0. The van der Waals surface area contributed by atoms with Crippen LogP contribution in [0, 0.1) is 6.08 Å². The van der Waals surface area contributed by atoms with Gasteiger partial charge < -0.3 is 39.2 Å². The maximum atomic E-state index is 14.4. The van der Waals surface area contributed by atoms with Gasteiger partial charge in [-0.2, -0.15) is 28.8 Å². The molecule has 4 aromatic rings. The number of morpholine rings is 1.